The summed E-state index contributed by atoms with van der Waals surface area (Å²) in [5.74, 6) is 1.28. The van der Waals surface area contributed by atoms with Gasteiger partial charge in [-0.3, -0.25) is 0 Å². The van der Waals surface area contributed by atoms with Crippen molar-refractivity contribution in [2.45, 2.75) is 13.8 Å². The SMILES string of the molecule is Cc1cccc(C)c1Oc1ccc(C(N)=NO)cn1. The number of ether oxygens (including phenoxy) is 1. The maximum atomic E-state index is 8.57. The summed E-state index contributed by atoms with van der Waals surface area (Å²) in [6, 6.07) is 9.30. The van der Waals surface area contributed by atoms with Gasteiger partial charge in [0, 0.05) is 17.8 Å². The van der Waals surface area contributed by atoms with Gasteiger partial charge in [0.15, 0.2) is 5.84 Å². The van der Waals surface area contributed by atoms with Crippen molar-refractivity contribution in [1.82, 2.24) is 4.98 Å². The van der Waals surface area contributed by atoms with Crippen LogP contribution in [0.1, 0.15) is 16.7 Å². The zero-order valence-electron chi connectivity index (χ0n) is 10.8. The Hall–Kier alpha value is -2.56. The third-order valence-electron chi connectivity index (χ3n) is 2.76. The smallest absolute Gasteiger partial charge is 0.219 e. The van der Waals surface area contributed by atoms with Gasteiger partial charge in [0.25, 0.3) is 0 Å². The van der Waals surface area contributed by atoms with Crippen molar-refractivity contribution < 1.29 is 9.94 Å². The van der Waals surface area contributed by atoms with Gasteiger partial charge in [-0.1, -0.05) is 23.4 Å². The van der Waals surface area contributed by atoms with E-state index < -0.39 is 0 Å². The van der Waals surface area contributed by atoms with Crippen LogP contribution in [0.3, 0.4) is 0 Å². The van der Waals surface area contributed by atoms with E-state index in [0.29, 0.717) is 11.4 Å². The van der Waals surface area contributed by atoms with E-state index in [1.54, 1.807) is 12.1 Å². The molecule has 1 aromatic carbocycles. The molecule has 19 heavy (non-hydrogen) atoms. The van der Waals surface area contributed by atoms with Gasteiger partial charge >= 0.3 is 0 Å². The van der Waals surface area contributed by atoms with E-state index in [0.717, 1.165) is 16.9 Å². The highest BCUT2D eigenvalue weighted by Gasteiger charge is 2.06. The minimum absolute atomic E-state index is 0.0196. The number of nitrogens with two attached hydrogens (primary N) is 1. The summed E-state index contributed by atoms with van der Waals surface area (Å²) in [7, 11) is 0. The van der Waals surface area contributed by atoms with Crippen molar-refractivity contribution in [1.29, 1.82) is 0 Å². The van der Waals surface area contributed by atoms with Gasteiger partial charge in [0.2, 0.25) is 5.88 Å². The number of para-hydroxylation sites is 1. The Morgan fingerprint density at radius 3 is 2.42 bits per heavy atom. The lowest BCUT2D eigenvalue weighted by Gasteiger charge is -2.10. The summed E-state index contributed by atoms with van der Waals surface area (Å²) in [5.41, 5.74) is 8.09. The monoisotopic (exact) mass is 257 g/mol. The molecule has 0 saturated heterocycles. The first-order chi connectivity index (χ1) is 9.11. The maximum Gasteiger partial charge on any atom is 0.219 e. The Kier molecular flexibility index (Phi) is 3.66. The normalized spacial score (nSPS) is 11.4. The van der Waals surface area contributed by atoms with Crippen molar-refractivity contribution in [2.24, 2.45) is 10.9 Å². The van der Waals surface area contributed by atoms with Crippen LogP contribution in [-0.2, 0) is 0 Å². The van der Waals surface area contributed by atoms with Gasteiger partial charge in [-0.25, -0.2) is 4.98 Å². The predicted molar refractivity (Wildman–Crippen MR) is 72.7 cm³/mol. The lowest BCUT2D eigenvalue weighted by atomic mass is 10.1. The molecule has 0 aliphatic heterocycles. The highest BCUT2D eigenvalue weighted by atomic mass is 16.5. The first kappa shape index (κ1) is 12.9. The summed E-state index contributed by atoms with van der Waals surface area (Å²) >= 11 is 0. The lowest BCUT2D eigenvalue weighted by Crippen LogP contribution is -2.13. The van der Waals surface area contributed by atoms with Crippen LogP contribution in [0, 0.1) is 13.8 Å². The maximum absolute atomic E-state index is 8.57. The number of aromatic nitrogens is 1. The van der Waals surface area contributed by atoms with E-state index >= 15 is 0 Å². The number of benzene rings is 1. The van der Waals surface area contributed by atoms with Gasteiger partial charge in [0.1, 0.15) is 5.75 Å². The van der Waals surface area contributed by atoms with Crippen LogP contribution in [0.4, 0.5) is 0 Å². The zero-order valence-corrected chi connectivity index (χ0v) is 10.8. The van der Waals surface area contributed by atoms with Gasteiger partial charge < -0.3 is 15.7 Å². The molecule has 3 N–H and O–H groups in total. The van der Waals surface area contributed by atoms with Crippen LogP contribution >= 0.6 is 0 Å². The van der Waals surface area contributed by atoms with E-state index in [2.05, 4.69) is 10.1 Å². The third-order valence-corrected chi connectivity index (χ3v) is 2.76. The van der Waals surface area contributed by atoms with Crippen LogP contribution in [0.15, 0.2) is 41.7 Å². The van der Waals surface area contributed by atoms with Crippen molar-refractivity contribution in [3.8, 4) is 11.6 Å². The van der Waals surface area contributed by atoms with Gasteiger partial charge in [0.05, 0.1) is 0 Å². The molecule has 2 aromatic rings. The average molecular weight is 257 g/mol. The molecule has 98 valence electrons. The van der Waals surface area contributed by atoms with E-state index in [1.807, 2.05) is 32.0 Å². The molecule has 0 bridgehead atoms. The Bertz CT molecular complexity index is 586. The van der Waals surface area contributed by atoms with E-state index in [9.17, 15) is 0 Å². The number of aryl methyl sites for hydroxylation is 2. The fourth-order valence-electron chi connectivity index (χ4n) is 1.71. The fourth-order valence-corrected chi connectivity index (χ4v) is 1.71. The van der Waals surface area contributed by atoms with Crippen molar-refractivity contribution in [3.05, 3.63) is 53.2 Å². The second-order valence-electron chi connectivity index (χ2n) is 4.19. The Morgan fingerprint density at radius 1 is 1.21 bits per heavy atom. The molecular formula is C14H15N3O2. The Morgan fingerprint density at radius 2 is 1.89 bits per heavy atom. The number of oxime groups is 1. The van der Waals surface area contributed by atoms with Crippen LogP contribution in [0.25, 0.3) is 0 Å². The molecule has 0 aliphatic carbocycles. The largest absolute Gasteiger partial charge is 0.438 e. The van der Waals surface area contributed by atoms with Gasteiger partial charge in [-0.15, -0.1) is 0 Å². The van der Waals surface area contributed by atoms with Crippen LogP contribution < -0.4 is 10.5 Å². The van der Waals surface area contributed by atoms with Crippen LogP contribution in [-0.4, -0.2) is 16.0 Å². The molecule has 0 unspecified atom stereocenters. The number of amidine groups is 1. The molecule has 1 heterocycles. The van der Waals surface area contributed by atoms with Gasteiger partial charge in [-0.2, -0.15) is 0 Å². The van der Waals surface area contributed by atoms with Crippen LogP contribution in [0.5, 0.6) is 11.6 Å². The predicted octanol–water partition coefficient (Wildman–Crippen LogP) is 2.59. The van der Waals surface area contributed by atoms with E-state index in [-0.39, 0.29) is 5.84 Å². The highest BCUT2D eigenvalue weighted by Crippen LogP contribution is 2.27. The molecule has 0 fully saturated rings. The second kappa shape index (κ2) is 5.39. The van der Waals surface area contributed by atoms with E-state index in [4.69, 9.17) is 15.7 Å². The molecule has 5 heteroatoms. The van der Waals surface area contributed by atoms with E-state index in [1.165, 1.54) is 6.20 Å². The molecule has 1 aromatic heterocycles. The quantitative estimate of drug-likeness (QED) is 0.383. The zero-order chi connectivity index (χ0) is 13.8. The number of hydrogen-bond donors (Lipinski definition) is 2. The molecule has 5 nitrogen and oxygen atoms in total. The van der Waals surface area contributed by atoms with Crippen molar-refractivity contribution in [3.63, 3.8) is 0 Å². The molecule has 0 saturated carbocycles. The van der Waals surface area contributed by atoms with Crippen molar-refractivity contribution >= 4 is 5.84 Å². The van der Waals surface area contributed by atoms with Gasteiger partial charge in [-0.05, 0) is 31.0 Å². The molecule has 0 spiro atoms. The molecule has 2 rings (SSSR count). The number of hydrogen-bond acceptors (Lipinski definition) is 4. The standard InChI is InChI=1S/C14H15N3O2/c1-9-4-3-5-10(2)13(9)19-12-7-6-11(8-16-12)14(15)17-18/h3-8,18H,1-2H3,(H2,15,17). The lowest BCUT2D eigenvalue weighted by molar-refractivity contribution is 0.318. The first-order valence-electron chi connectivity index (χ1n) is 5.80. The van der Waals surface area contributed by atoms with Crippen molar-refractivity contribution in [2.75, 3.05) is 0 Å². The molecule has 0 aliphatic rings. The first-order valence-corrected chi connectivity index (χ1v) is 5.80. The molecule has 0 amide bonds. The molecular weight excluding hydrogens is 242 g/mol. The fraction of sp³-hybridized carbons (Fsp3) is 0.143. The summed E-state index contributed by atoms with van der Waals surface area (Å²) in [6.07, 6.45) is 1.50. The highest BCUT2D eigenvalue weighted by molar-refractivity contribution is 5.96. The topological polar surface area (TPSA) is 80.7 Å². The molecule has 0 radical (unpaired) electrons. The number of pyridine rings is 1. The Labute approximate surface area is 111 Å². The Balaban J connectivity index is 2.25. The van der Waals surface area contributed by atoms with Crippen LogP contribution in [0.2, 0.25) is 0 Å². The summed E-state index contributed by atoms with van der Waals surface area (Å²) in [5, 5.41) is 11.5. The minimum Gasteiger partial charge on any atom is -0.438 e. The number of rotatable bonds is 3. The second-order valence-corrected chi connectivity index (χ2v) is 4.19. The average Bonchev–Trinajstić information content (AvgIpc) is 2.43. The minimum atomic E-state index is 0.0196. The summed E-state index contributed by atoms with van der Waals surface area (Å²) < 4.78 is 5.75. The summed E-state index contributed by atoms with van der Waals surface area (Å²) in [4.78, 5) is 4.13. The number of nitrogens with zero attached hydrogens (tertiary/aromatic N) is 2. The molecule has 0 atom stereocenters. The summed E-state index contributed by atoms with van der Waals surface area (Å²) in [6.45, 7) is 3.96. The third kappa shape index (κ3) is 2.82.